The maximum Gasteiger partial charge on any atom is 0.408 e. The van der Waals surface area contributed by atoms with Gasteiger partial charge in [0.05, 0.1) is 32.2 Å². The van der Waals surface area contributed by atoms with Gasteiger partial charge in [0.25, 0.3) is 5.91 Å². The molecule has 0 saturated carbocycles. The van der Waals surface area contributed by atoms with Crippen molar-refractivity contribution in [3.8, 4) is 0 Å². The van der Waals surface area contributed by atoms with Gasteiger partial charge in [-0.2, -0.15) is 0 Å². The number of amides is 3. The first-order valence-corrected chi connectivity index (χ1v) is 20.0. The number of H-pyrrole nitrogens is 1. The number of aromatic amines is 1. The van der Waals surface area contributed by atoms with Crippen LogP contribution in [0, 0.1) is 5.92 Å². The highest BCUT2D eigenvalue weighted by atomic mass is 35.5. The maximum absolute atomic E-state index is 14.5. The lowest BCUT2D eigenvalue weighted by atomic mass is 9.78. The van der Waals surface area contributed by atoms with E-state index in [9.17, 15) is 24.1 Å². The lowest BCUT2D eigenvalue weighted by Crippen LogP contribution is -2.65. The fraction of sp³-hybridized carbons (Fsp3) is 0.351. The number of rotatable bonds is 13. The van der Waals surface area contributed by atoms with Gasteiger partial charge in [-0.25, -0.2) is 4.79 Å². The Morgan fingerprint density at radius 2 is 1.92 bits per heavy atom. The Morgan fingerprint density at radius 1 is 1.17 bits per heavy atom. The number of nitrogens with two attached hydrogens (primary N) is 1. The average molecular weight is 783 g/mol. The molecule has 7 N–H and O–H groups in total. The summed E-state index contributed by atoms with van der Waals surface area (Å²) < 4.78 is 18.8. The van der Waals surface area contributed by atoms with Crippen LogP contribution in [0.3, 0.4) is 0 Å². The summed E-state index contributed by atoms with van der Waals surface area (Å²) in [5.74, 6) is -1.17. The van der Waals surface area contributed by atoms with E-state index in [2.05, 4.69) is 20.9 Å². The number of thiocarbonyl (C=S) groups is 1. The number of ether oxygens (including phenoxy) is 1. The molecule has 4 aliphatic rings. The first-order valence-electron chi connectivity index (χ1n) is 17.2. The Labute approximate surface area is 315 Å². The van der Waals surface area contributed by atoms with Crippen molar-refractivity contribution in [2.24, 2.45) is 11.7 Å². The third-order valence-electron chi connectivity index (χ3n) is 10.6. The first-order chi connectivity index (χ1) is 24.8. The standard InChI is InChI=1S/C37H38Cl2N5O6PS/c1-3-18(2)28(33(40)52)43-35(47)37(12-11-25-23(16-37)22-14-21(38)15-24(39)29(22)42-25)44-34(46)26(50-36(48)41-17-19-7-5-4-6-8-19)10-9-20-13-27-30(45)32-31(20)51(27,32)49/h4-8,13-15,18,26,28,42,45H,3,9-12,16-17H2,1-2H3,(H2,40,52)(H,41,48)(H,43,47)(H,44,46)/t18-,26-,28-,37+,51?/m0/s1. The number of alkyl carbamates (subject to hydrolysis) is 1. The van der Waals surface area contributed by atoms with Crippen LogP contribution in [-0.2, 0) is 38.3 Å². The van der Waals surface area contributed by atoms with Gasteiger partial charge in [0.1, 0.15) is 11.3 Å². The minimum atomic E-state index is -2.72. The van der Waals surface area contributed by atoms with Crippen LogP contribution >= 0.6 is 42.6 Å². The molecule has 0 fully saturated rings. The number of aromatic nitrogens is 1. The number of fused-ring (bicyclic) bond motifs is 3. The van der Waals surface area contributed by atoms with Crippen LogP contribution in [0.1, 0.15) is 56.4 Å². The summed E-state index contributed by atoms with van der Waals surface area (Å²) in [7, 11) is -2.72. The Morgan fingerprint density at radius 3 is 2.58 bits per heavy atom. The number of aryl methyl sites for hydroxylation is 1. The van der Waals surface area contributed by atoms with Crippen molar-refractivity contribution in [3.05, 3.63) is 103 Å². The molecule has 2 aromatic carbocycles. The SMILES string of the molecule is CC[C@H](C)[C@H](NC(=O)[C@@]1(NC(=O)[C@H](CCC2=CC3=C(O)C4=C2P34=O)OC(=O)NCc2ccccc2)CCc2[nH]c3c(Cl)cc(Cl)cc3c2C1)C(N)=S. The normalized spacial score (nSPS) is 22.7. The molecule has 11 nitrogen and oxygen atoms in total. The minimum absolute atomic E-state index is 0.0326. The van der Waals surface area contributed by atoms with Gasteiger partial charge in [0.15, 0.2) is 13.2 Å². The second-order valence-corrected chi connectivity index (χ2v) is 17.8. The zero-order valence-corrected chi connectivity index (χ0v) is 31.7. The van der Waals surface area contributed by atoms with Gasteiger partial charge in [-0.15, -0.1) is 0 Å². The molecule has 7 rings (SSSR count). The molecule has 52 heavy (non-hydrogen) atoms. The van der Waals surface area contributed by atoms with Crippen LogP contribution in [0.25, 0.3) is 10.9 Å². The third-order valence-corrected chi connectivity index (χ3v) is 14.4. The number of nitrogens with one attached hydrogen (secondary N) is 4. The summed E-state index contributed by atoms with van der Waals surface area (Å²) in [5.41, 5.74) is 8.49. The molecule has 3 aromatic rings. The van der Waals surface area contributed by atoms with Crippen LogP contribution < -0.4 is 21.7 Å². The van der Waals surface area contributed by atoms with Gasteiger partial charge in [0.2, 0.25) is 5.91 Å². The van der Waals surface area contributed by atoms with Gasteiger partial charge in [-0.05, 0) is 66.5 Å². The predicted octanol–water partition coefficient (Wildman–Crippen LogP) is 7.02. The fourth-order valence-electron chi connectivity index (χ4n) is 7.51. The topological polar surface area (TPSA) is 176 Å². The highest BCUT2D eigenvalue weighted by Gasteiger charge is 2.67. The molecular weight excluding hydrogens is 744 g/mol. The van der Waals surface area contributed by atoms with Gasteiger partial charge in [-0.1, -0.05) is 86.0 Å². The molecule has 0 saturated heterocycles. The Hall–Kier alpha value is -4.09. The third kappa shape index (κ3) is 6.23. The van der Waals surface area contributed by atoms with Gasteiger partial charge in [-0.3, -0.25) is 9.59 Å². The number of benzene rings is 2. The number of halogens is 2. The number of aliphatic hydroxyl groups is 1. The summed E-state index contributed by atoms with van der Waals surface area (Å²) in [6, 6.07) is 12.0. The predicted molar refractivity (Wildman–Crippen MR) is 205 cm³/mol. The van der Waals surface area contributed by atoms with Crippen molar-refractivity contribution >= 4 is 76.4 Å². The Balaban J connectivity index is 1.18. The molecule has 15 heteroatoms. The second-order valence-electron chi connectivity index (χ2n) is 13.9. The quantitative estimate of drug-likeness (QED) is 0.0792. The van der Waals surface area contributed by atoms with Crippen LogP contribution in [0.2, 0.25) is 10.0 Å². The molecule has 1 aliphatic carbocycles. The molecular formula is C37H38Cl2N5O6PS. The summed E-state index contributed by atoms with van der Waals surface area (Å²) in [6.45, 7) is 4.07. The van der Waals surface area contributed by atoms with E-state index in [1.165, 1.54) is 0 Å². The van der Waals surface area contributed by atoms with Gasteiger partial charge >= 0.3 is 6.09 Å². The van der Waals surface area contributed by atoms with Gasteiger partial charge in [0, 0.05) is 34.4 Å². The highest BCUT2D eigenvalue weighted by molar-refractivity contribution is 7.86. The van der Waals surface area contributed by atoms with Crippen LogP contribution in [0.5, 0.6) is 0 Å². The van der Waals surface area contributed by atoms with Crippen molar-refractivity contribution in [2.75, 3.05) is 0 Å². The summed E-state index contributed by atoms with van der Waals surface area (Å²) in [5, 5.41) is 22.0. The smallest absolute Gasteiger partial charge is 0.408 e. The number of aliphatic hydroxyl groups excluding tert-OH is 1. The van der Waals surface area contributed by atoms with E-state index in [4.69, 9.17) is 45.9 Å². The van der Waals surface area contributed by atoms with E-state index in [0.29, 0.717) is 44.3 Å². The molecule has 4 heterocycles. The van der Waals surface area contributed by atoms with Crippen LogP contribution in [0.4, 0.5) is 4.79 Å². The molecule has 0 bridgehead atoms. The zero-order chi connectivity index (χ0) is 37.1. The highest BCUT2D eigenvalue weighted by Crippen LogP contribution is 2.95. The average Bonchev–Trinajstić information content (AvgIpc) is 3.34. The molecule has 272 valence electrons. The van der Waals surface area contributed by atoms with E-state index in [-0.39, 0.29) is 48.9 Å². The molecule has 1 unspecified atom stereocenters. The molecule has 0 spiro atoms. The first kappa shape index (κ1) is 36.3. The van der Waals surface area contributed by atoms with Crippen LogP contribution in [-0.4, -0.2) is 50.7 Å². The minimum Gasteiger partial charge on any atom is -0.506 e. The summed E-state index contributed by atoms with van der Waals surface area (Å²) >= 11 is 18.3. The van der Waals surface area contributed by atoms with Crippen molar-refractivity contribution in [3.63, 3.8) is 0 Å². The van der Waals surface area contributed by atoms with Crippen molar-refractivity contribution in [1.29, 1.82) is 0 Å². The van der Waals surface area contributed by atoms with E-state index in [1.807, 2.05) is 44.2 Å². The van der Waals surface area contributed by atoms with Crippen molar-refractivity contribution in [1.82, 2.24) is 20.9 Å². The van der Waals surface area contributed by atoms with Crippen LogP contribution in [0.15, 0.2) is 75.8 Å². The van der Waals surface area contributed by atoms with E-state index >= 15 is 0 Å². The van der Waals surface area contributed by atoms with Crippen molar-refractivity contribution in [2.45, 2.75) is 76.6 Å². The monoisotopic (exact) mass is 781 g/mol. The van der Waals surface area contributed by atoms with E-state index in [1.54, 1.807) is 18.2 Å². The number of allylic oxidation sites excluding steroid dienone is 5. The molecule has 3 amide bonds. The summed E-state index contributed by atoms with van der Waals surface area (Å²) in [4.78, 5) is 45.6. The van der Waals surface area contributed by atoms with Crippen molar-refractivity contribution < 1.29 is 28.8 Å². The number of hydrogen-bond acceptors (Lipinski definition) is 7. The number of hydrogen-bond donors (Lipinski definition) is 6. The molecule has 5 atom stereocenters. The number of carbonyl (C=O) groups is 3. The Bertz CT molecular complexity index is 2200. The molecule has 0 radical (unpaired) electrons. The fourth-order valence-corrected chi connectivity index (χ4v) is 11.4. The zero-order valence-electron chi connectivity index (χ0n) is 28.5. The lowest BCUT2D eigenvalue weighted by molar-refractivity contribution is -0.139. The molecule has 3 aliphatic heterocycles. The number of carbonyl (C=O) groups excluding carboxylic acids is 3. The van der Waals surface area contributed by atoms with E-state index < -0.39 is 42.7 Å². The van der Waals surface area contributed by atoms with E-state index in [0.717, 1.165) is 27.8 Å². The Kier molecular flexibility index (Phi) is 9.57. The van der Waals surface area contributed by atoms with Gasteiger partial charge < -0.3 is 41.1 Å². The summed E-state index contributed by atoms with van der Waals surface area (Å²) in [6.07, 6.45) is 1.17. The lowest BCUT2D eigenvalue weighted by Gasteiger charge is -2.39. The second kappa shape index (κ2) is 13.7. The molecule has 1 aromatic heterocycles. The maximum atomic E-state index is 14.5. The largest absolute Gasteiger partial charge is 0.506 e.